The van der Waals surface area contributed by atoms with Crippen molar-refractivity contribution < 1.29 is 4.79 Å². The lowest BCUT2D eigenvalue weighted by molar-refractivity contribution is -0.120. The fourth-order valence-electron chi connectivity index (χ4n) is 1.54. The van der Waals surface area contributed by atoms with E-state index in [2.05, 4.69) is 0 Å². The molecule has 14 heavy (non-hydrogen) atoms. The van der Waals surface area contributed by atoms with E-state index in [0.717, 1.165) is 5.56 Å². The molecule has 0 bridgehead atoms. The molecule has 1 amide bonds. The van der Waals surface area contributed by atoms with Gasteiger partial charge in [-0.1, -0.05) is 44.2 Å². The van der Waals surface area contributed by atoms with Gasteiger partial charge in [0.2, 0.25) is 5.91 Å². The number of carbonyl (C=O) groups excluding carboxylic acids is 1. The molecule has 0 fully saturated rings. The maximum atomic E-state index is 11.2. The Labute approximate surface area is 90.9 Å². The SMILES string of the molecule is CC(C)C(C(N)=O)c1ccccc1.Cl. The summed E-state index contributed by atoms with van der Waals surface area (Å²) < 4.78 is 0. The number of primary amides is 1. The summed E-state index contributed by atoms with van der Waals surface area (Å²) >= 11 is 0. The van der Waals surface area contributed by atoms with Crippen LogP contribution >= 0.6 is 12.4 Å². The Bertz CT molecular complexity index is 285. The second-order valence-electron chi connectivity index (χ2n) is 3.53. The Hall–Kier alpha value is -1.02. The van der Waals surface area contributed by atoms with Crippen LogP contribution in [0.1, 0.15) is 25.3 Å². The lowest BCUT2D eigenvalue weighted by Gasteiger charge is -2.17. The molecule has 0 aliphatic rings. The first-order chi connectivity index (χ1) is 6.13. The number of carbonyl (C=O) groups is 1. The van der Waals surface area contributed by atoms with Crippen LogP contribution in [0.25, 0.3) is 0 Å². The number of nitrogens with two attached hydrogens (primary N) is 1. The molecule has 1 aromatic carbocycles. The molecule has 1 rings (SSSR count). The topological polar surface area (TPSA) is 43.1 Å². The maximum Gasteiger partial charge on any atom is 0.225 e. The van der Waals surface area contributed by atoms with Crippen LogP contribution in [0.2, 0.25) is 0 Å². The van der Waals surface area contributed by atoms with E-state index in [-0.39, 0.29) is 30.2 Å². The van der Waals surface area contributed by atoms with E-state index in [1.807, 2.05) is 44.2 Å². The largest absolute Gasteiger partial charge is 0.369 e. The van der Waals surface area contributed by atoms with Crippen LogP contribution in [-0.2, 0) is 4.79 Å². The minimum absolute atomic E-state index is 0. The Morgan fingerprint density at radius 2 is 1.71 bits per heavy atom. The quantitative estimate of drug-likeness (QED) is 0.823. The molecule has 0 heterocycles. The highest BCUT2D eigenvalue weighted by Gasteiger charge is 2.20. The standard InChI is InChI=1S/C11H15NO.ClH/c1-8(2)10(11(12)13)9-6-4-3-5-7-9;/h3-8,10H,1-2H3,(H2,12,13);1H. The molecule has 2 N–H and O–H groups in total. The van der Waals surface area contributed by atoms with Gasteiger partial charge in [0, 0.05) is 0 Å². The lowest BCUT2D eigenvalue weighted by atomic mass is 9.88. The van der Waals surface area contributed by atoms with Crippen LogP contribution in [0, 0.1) is 5.92 Å². The lowest BCUT2D eigenvalue weighted by Crippen LogP contribution is -2.25. The predicted molar refractivity (Wildman–Crippen MR) is 60.5 cm³/mol. The van der Waals surface area contributed by atoms with Crippen LogP contribution < -0.4 is 5.73 Å². The summed E-state index contributed by atoms with van der Waals surface area (Å²) in [4.78, 5) is 11.2. The van der Waals surface area contributed by atoms with Gasteiger partial charge in [0.25, 0.3) is 0 Å². The molecule has 0 saturated carbocycles. The van der Waals surface area contributed by atoms with Crippen molar-refractivity contribution in [3.8, 4) is 0 Å². The summed E-state index contributed by atoms with van der Waals surface area (Å²) in [6, 6.07) is 9.66. The number of hydrogen-bond acceptors (Lipinski definition) is 1. The average molecular weight is 214 g/mol. The molecule has 0 aliphatic heterocycles. The second kappa shape index (κ2) is 5.66. The molecule has 2 nitrogen and oxygen atoms in total. The van der Waals surface area contributed by atoms with E-state index in [4.69, 9.17) is 5.73 Å². The highest BCUT2D eigenvalue weighted by molar-refractivity contribution is 5.85. The molecule has 1 unspecified atom stereocenters. The normalized spacial score (nSPS) is 11.9. The summed E-state index contributed by atoms with van der Waals surface area (Å²) in [6.45, 7) is 4.00. The Balaban J connectivity index is 0.00000169. The van der Waals surface area contributed by atoms with Gasteiger partial charge < -0.3 is 5.73 Å². The van der Waals surface area contributed by atoms with Gasteiger partial charge in [-0.2, -0.15) is 0 Å². The predicted octanol–water partition coefficient (Wildman–Crippen LogP) is 2.33. The van der Waals surface area contributed by atoms with Crippen molar-refractivity contribution in [1.29, 1.82) is 0 Å². The van der Waals surface area contributed by atoms with Gasteiger partial charge in [0.1, 0.15) is 0 Å². The van der Waals surface area contributed by atoms with Crippen LogP contribution in [0.5, 0.6) is 0 Å². The Kier molecular flexibility index (Phi) is 5.24. The molecule has 78 valence electrons. The molecule has 0 aromatic heterocycles. The first kappa shape index (κ1) is 13.0. The third kappa shape index (κ3) is 3.04. The zero-order valence-corrected chi connectivity index (χ0v) is 9.25. The van der Waals surface area contributed by atoms with Crippen molar-refractivity contribution in [2.45, 2.75) is 19.8 Å². The van der Waals surface area contributed by atoms with Gasteiger partial charge >= 0.3 is 0 Å². The highest BCUT2D eigenvalue weighted by atomic mass is 35.5. The van der Waals surface area contributed by atoms with Gasteiger partial charge in [-0.25, -0.2) is 0 Å². The monoisotopic (exact) mass is 213 g/mol. The first-order valence-electron chi connectivity index (χ1n) is 4.47. The Morgan fingerprint density at radius 1 is 1.21 bits per heavy atom. The molecule has 0 radical (unpaired) electrons. The second-order valence-corrected chi connectivity index (χ2v) is 3.53. The smallest absolute Gasteiger partial charge is 0.225 e. The van der Waals surface area contributed by atoms with E-state index in [0.29, 0.717) is 0 Å². The molecular formula is C11H16ClNO. The number of amides is 1. The number of hydrogen-bond donors (Lipinski definition) is 1. The van der Waals surface area contributed by atoms with Gasteiger partial charge in [-0.05, 0) is 11.5 Å². The molecule has 3 heteroatoms. The number of halogens is 1. The molecular weight excluding hydrogens is 198 g/mol. The van der Waals surface area contributed by atoms with E-state index in [1.54, 1.807) is 0 Å². The molecule has 0 spiro atoms. The van der Waals surface area contributed by atoms with Gasteiger partial charge in [0.05, 0.1) is 5.92 Å². The molecule has 0 aliphatic carbocycles. The van der Waals surface area contributed by atoms with Crippen molar-refractivity contribution in [1.82, 2.24) is 0 Å². The van der Waals surface area contributed by atoms with Crippen molar-refractivity contribution in [3.63, 3.8) is 0 Å². The number of benzene rings is 1. The van der Waals surface area contributed by atoms with Crippen LogP contribution in [0.15, 0.2) is 30.3 Å². The summed E-state index contributed by atoms with van der Waals surface area (Å²) in [6.07, 6.45) is 0. The fraction of sp³-hybridized carbons (Fsp3) is 0.364. The minimum Gasteiger partial charge on any atom is -0.369 e. The van der Waals surface area contributed by atoms with Gasteiger partial charge in [0.15, 0.2) is 0 Å². The van der Waals surface area contributed by atoms with E-state index >= 15 is 0 Å². The van der Waals surface area contributed by atoms with Crippen molar-refractivity contribution in [3.05, 3.63) is 35.9 Å². The fourth-order valence-corrected chi connectivity index (χ4v) is 1.54. The zero-order valence-electron chi connectivity index (χ0n) is 8.44. The summed E-state index contributed by atoms with van der Waals surface area (Å²) in [5, 5.41) is 0. The van der Waals surface area contributed by atoms with E-state index in [1.165, 1.54) is 0 Å². The number of rotatable bonds is 3. The van der Waals surface area contributed by atoms with Gasteiger partial charge in [-0.15, -0.1) is 12.4 Å². The third-order valence-electron chi connectivity index (χ3n) is 2.13. The summed E-state index contributed by atoms with van der Waals surface area (Å²) in [5.41, 5.74) is 6.34. The molecule has 1 atom stereocenters. The molecule has 0 saturated heterocycles. The third-order valence-corrected chi connectivity index (χ3v) is 2.13. The minimum atomic E-state index is -0.249. The van der Waals surface area contributed by atoms with Crippen molar-refractivity contribution >= 4 is 18.3 Å². The highest BCUT2D eigenvalue weighted by Crippen LogP contribution is 2.23. The molecule has 1 aromatic rings. The average Bonchev–Trinajstić information content (AvgIpc) is 2.04. The Morgan fingerprint density at radius 3 is 2.07 bits per heavy atom. The van der Waals surface area contributed by atoms with Crippen molar-refractivity contribution in [2.24, 2.45) is 11.7 Å². The van der Waals surface area contributed by atoms with E-state index in [9.17, 15) is 4.79 Å². The zero-order chi connectivity index (χ0) is 9.84. The summed E-state index contributed by atoms with van der Waals surface area (Å²) in [7, 11) is 0. The van der Waals surface area contributed by atoms with Crippen molar-refractivity contribution in [2.75, 3.05) is 0 Å². The first-order valence-corrected chi connectivity index (χ1v) is 4.47. The van der Waals surface area contributed by atoms with E-state index < -0.39 is 0 Å². The van der Waals surface area contributed by atoms with Crippen LogP contribution in [0.4, 0.5) is 0 Å². The summed E-state index contributed by atoms with van der Waals surface area (Å²) in [5.74, 6) is -0.165. The van der Waals surface area contributed by atoms with Crippen LogP contribution in [-0.4, -0.2) is 5.91 Å². The van der Waals surface area contributed by atoms with Crippen LogP contribution in [0.3, 0.4) is 0 Å². The van der Waals surface area contributed by atoms with Gasteiger partial charge in [-0.3, -0.25) is 4.79 Å². The maximum absolute atomic E-state index is 11.2.